The molecule has 1 aliphatic rings. The first-order valence-corrected chi connectivity index (χ1v) is 7.78. The molecule has 1 N–H and O–H groups in total. The summed E-state index contributed by atoms with van der Waals surface area (Å²) in [5, 5.41) is 10.7. The van der Waals surface area contributed by atoms with E-state index in [2.05, 4.69) is 15.5 Å². The molecule has 24 heavy (non-hydrogen) atoms. The van der Waals surface area contributed by atoms with Gasteiger partial charge in [0.2, 0.25) is 5.91 Å². The number of amides is 1. The summed E-state index contributed by atoms with van der Waals surface area (Å²) in [4.78, 5) is 13.7. The van der Waals surface area contributed by atoms with E-state index in [-0.39, 0.29) is 44.9 Å². The molecular weight excluding hydrogens is 323 g/mol. The van der Waals surface area contributed by atoms with Crippen molar-refractivity contribution in [2.45, 2.75) is 25.6 Å². The number of pyridine rings is 1. The summed E-state index contributed by atoms with van der Waals surface area (Å²) in [6.45, 7) is 0.890. The van der Waals surface area contributed by atoms with Gasteiger partial charge in [0.15, 0.2) is 11.5 Å². The van der Waals surface area contributed by atoms with Gasteiger partial charge in [-0.2, -0.15) is 13.2 Å². The van der Waals surface area contributed by atoms with E-state index in [4.69, 9.17) is 0 Å². The number of carbonyl (C=O) groups excluding carboxylic acids is 1. The second-order valence-corrected chi connectivity index (χ2v) is 5.91. The van der Waals surface area contributed by atoms with Crippen molar-refractivity contribution in [3.63, 3.8) is 0 Å². The highest BCUT2D eigenvalue weighted by molar-refractivity contribution is 5.77. The number of hydrogen-bond donors (Lipinski definition) is 1. The van der Waals surface area contributed by atoms with Crippen molar-refractivity contribution < 1.29 is 18.0 Å². The number of aromatic nitrogens is 3. The molecule has 0 bridgehead atoms. The number of alkyl halides is 3. The molecule has 2 aromatic heterocycles. The summed E-state index contributed by atoms with van der Waals surface area (Å²) in [5.74, 6) is -0.873. The van der Waals surface area contributed by atoms with E-state index in [1.54, 1.807) is 15.5 Å². The van der Waals surface area contributed by atoms with Crippen LogP contribution in [0.5, 0.6) is 0 Å². The molecule has 1 saturated heterocycles. The number of rotatable bonds is 4. The predicted octanol–water partition coefficient (Wildman–Crippen LogP) is 1.62. The molecule has 3 heterocycles. The minimum absolute atomic E-state index is 0.0472. The number of carbonyl (C=O) groups is 1. The Morgan fingerprint density at radius 3 is 2.71 bits per heavy atom. The molecule has 1 fully saturated rings. The molecule has 1 aliphatic heterocycles. The van der Waals surface area contributed by atoms with Gasteiger partial charge in [0, 0.05) is 6.20 Å². The van der Waals surface area contributed by atoms with Crippen molar-refractivity contribution in [2.24, 2.45) is 5.92 Å². The quantitative estimate of drug-likeness (QED) is 0.918. The molecule has 0 saturated carbocycles. The van der Waals surface area contributed by atoms with Crippen LogP contribution in [-0.4, -0.2) is 51.2 Å². The zero-order chi connectivity index (χ0) is 17.2. The van der Waals surface area contributed by atoms with Crippen molar-refractivity contribution in [2.75, 3.05) is 19.6 Å². The highest BCUT2D eigenvalue weighted by Gasteiger charge is 2.41. The molecule has 1 amide bonds. The Balaban J connectivity index is 1.47. The number of hydrogen-bond acceptors (Lipinski definition) is 4. The standard InChI is InChI=1S/C15H18F3N5O/c16-15(17,18)11-4-7-22(8-5-11)10-14(24)19-9-13-21-20-12-3-1-2-6-23(12)13/h1-3,6,11H,4-5,7-10H2,(H,19,24). The fourth-order valence-electron chi connectivity index (χ4n) is 2.87. The van der Waals surface area contributed by atoms with Crippen LogP contribution in [0.1, 0.15) is 18.7 Å². The first-order valence-electron chi connectivity index (χ1n) is 7.78. The van der Waals surface area contributed by atoms with Crippen LogP contribution < -0.4 is 5.32 Å². The van der Waals surface area contributed by atoms with Gasteiger partial charge < -0.3 is 5.32 Å². The lowest BCUT2D eigenvalue weighted by atomic mass is 9.96. The third-order valence-electron chi connectivity index (χ3n) is 4.25. The Labute approximate surface area is 136 Å². The number of piperidine rings is 1. The lowest BCUT2D eigenvalue weighted by Gasteiger charge is -2.32. The second kappa shape index (κ2) is 6.76. The van der Waals surface area contributed by atoms with E-state index < -0.39 is 12.1 Å². The van der Waals surface area contributed by atoms with Crippen molar-refractivity contribution in [3.8, 4) is 0 Å². The molecule has 0 aliphatic carbocycles. The van der Waals surface area contributed by atoms with E-state index in [1.165, 1.54) is 0 Å². The van der Waals surface area contributed by atoms with Crippen LogP contribution in [0.3, 0.4) is 0 Å². The van der Waals surface area contributed by atoms with Crippen LogP contribution in [0.15, 0.2) is 24.4 Å². The molecule has 0 atom stereocenters. The topological polar surface area (TPSA) is 62.5 Å². The molecule has 0 spiro atoms. The fourth-order valence-corrected chi connectivity index (χ4v) is 2.87. The first-order chi connectivity index (χ1) is 11.4. The number of nitrogens with one attached hydrogen (secondary N) is 1. The number of nitrogens with zero attached hydrogens (tertiary/aromatic N) is 4. The Morgan fingerprint density at radius 2 is 2.00 bits per heavy atom. The van der Waals surface area contributed by atoms with Crippen LogP contribution in [0.2, 0.25) is 0 Å². The lowest BCUT2D eigenvalue weighted by Crippen LogP contribution is -2.43. The smallest absolute Gasteiger partial charge is 0.348 e. The maximum Gasteiger partial charge on any atom is 0.391 e. The summed E-state index contributed by atoms with van der Waals surface area (Å²) >= 11 is 0. The molecule has 2 aromatic rings. The minimum atomic E-state index is -4.14. The van der Waals surface area contributed by atoms with Gasteiger partial charge in [-0.15, -0.1) is 10.2 Å². The molecule has 6 nitrogen and oxygen atoms in total. The molecule has 9 heteroatoms. The van der Waals surface area contributed by atoms with Gasteiger partial charge >= 0.3 is 6.18 Å². The monoisotopic (exact) mass is 341 g/mol. The molecular formula is C15H18F3N5O. The summed E-state index contributed by atoms with van der Waals surface area (Å²) in [7, 11) is 0. The van der Waals surface area contributed by atoms with Crippen LogP contribution in [-0.2, 0) is 11.3 Å². The van der Waals surface area contributed by atoms with Gasteiger partial charge in [-0.25, -0.2) is 0 Å². The third kappa shape index (κ3) is 3.84. The van der Waals surface area contributed by atoms with E-state index >= 15 is 0 Å². The van der Waals surface area contributed by atoms with Crippen LogP contribution >= 0.6 is 0 Å². The lowest BCUT2D eigenvalue weighted by molar-refractivity contribution is -0.185. The van der Waals surface area contributed by atoms with Gasteiger partial charge in [0.25, 0.3) is 0 Å². The minimum Gasteiger partial charge on any atom is -0.348 e. The van der Waals surface area contributed by atoms with Crippen LogP contribution in [0, 0.1) is 5.92 Å². The summed E-state index contributed by atoms with van der Waals surface area (Å²) in [5.41, 5.74) is 0.691. The predicted molar refractivity (Wildman–Crippen MR) is 80.1 cm³/mol. The van der Waals surface area contributed by atoms with Gasteiger partial charge in [0.05, 0.1) is 19.0 Å². The maximum atomic E-state index is 12.6. The number of fused-ring (bicyclic) bond motifs is 1. The summed E-state index contributed by atoms with van der Waals surface area (Å²) < 4.78 is 39.6. The SMILES string of the molecule is O=C(CN1CCC(C(F)(F)F)CC1)NCc1nnc2ccccn12. The zero-order valence-electron chi connectivity index (χ0n) is 13.0. The van der Waals surface area contributed by atoms with Crippen LogP contribution in [0.25, 0.3) is 5.65 Å². The maximum absolute atomic E-state index is 12.6. The van der Waals surface area contributed by atoms with Crippen molar-refractivity contribution in [1.29, 1.82) is 0 Å². The van der Waals surface area contributed by atoms with Gasteiger partial charge in [0.1, 0.15) is 0 Å². The van der Waals surface area contributed by atoms with E-state index in [0.29, 0.717) is 11.5 Å². The van der Waals surface area contributed by atoms with Crippen LogP contribution in [0.4, 0.5) is 13.2 Å². The molecule has 0 aromatic carbocycles. The first kappa shape index (κ1) is 16.7. The largest absolute Gasteiger partial charge is 0.391 e. The van der Waals surface area contributed by atoms with E-state index in [1.807, 2.05) is 18.2 Å². The van der Waals surface area contributed by atoms with E-state index in [0.717, 1.165) is 0 Å². The van der Waals surface area contributed by atoms with E-state index in [9.17, 15) is 18.0 Å². The summed E-state index contributed by atoms with van der Waals surface area (Å²) in [6, 6.07) is 5.49. The fraction of sp³-hybridized carbons (Fsp3) is 0.533. The van der Waals surface area contributed by atoms with Gasteiger partial charge in [-0.1, -0.05) is 6.07 Å². The molecule has 0 unspecified atom stereocenters. The average molecular weight is 341 g/mol. The number of halogens is 3. The Morgan fingerprint density at radius 1 is 1.25 bits per heavy atom. The summed E-state index contributed by atoms with van der Waals surface area (Å²) in [6.07, 6.45) is -2.24. The second-order valence-electron chi connectivity index (χ2n) is 5.91. The highest BCUT2D eigenvalue weighted by atomic mass is 19.4. The van der Waals surface area contributed by atoms with Crippen molar-refractivity contribution in [3.05, 3.63) is 30.2 Å². The average Bonchev–Trinajstić information content (AvgIpc) is 2.96. The molecule has 3 rings (SSSR count). The number of likely N-dealkylation sites (tertiary alicyclic amines) is 1. The highest BCUT2D eigenvalue weighted by Crippen LogP contribution is 2.33. The van der Waals surface area contributed by atoms with Gasteiger partial charge in [-0.3, -0.25) is 14.1 Å². The normalized spacial score (nSPS) is 17.3. The molecule has 130 valence electrons. The molecule has 0 radical (unpaired) electrons. The third-order valence-corrected chi connectivity index (χ3v) is 4.25. The Bertz CT molecular complexity index is 706. The van der Waals surface area contributed by atoms with Gasteiger partial charge in [-0.05, 0) is 38.1 Å². The van der Waals surface area contributed by atoms with Crippen molar-refractivity contribution >= 4 is 11.6 Å². The Kier molecular flexibility index (Phi) is 4.70. The zero-order valence-corrected chi connectivity index (χ0v) is 13.0. The van der Waals surface area contributed by atoms with Crippen molar-refractivity contribution in [1.82, 2.24) is 24.8 Å². The Hall–Kier alpha value is -2.16.